The number of hydrogen-bond acceptors (Lipinski definition) is 7. The van der Waals surface area contributed by atoms with Crippen LogP contribution in [-0.2, 0) is 27.4 Å². The van der Waals surface area contributed by atoms with Crippen molar-refractivity contribution in [1.29, 1.82) is 0 Å². The minimum atomic E-state index is -1.24. The molecule has 3 amide bonds. The van der Waals surface area contributed by atoms with Gasteiger partial charge in [0, 0.05) is 17.7 Å². The van der Waals surface area contributed by atoms with Crippen LogP contribution < -0.4 is 10.6 Å². The van der Waals surface area contributed by atoms with Crippen LogP contribution in [0.4, 0.5) is 15.3 Å². The molecule has 0 unspecified atom stereocenters. The highest BCUT2D eigenvalue weighted by Crippen LogP contribution is 2.28. The fourth-order valence-corrected chi connectivity index (χ4v) is 5.50. The van der Waals surface area contributed by atoms with E-state index in [9.17, 15) is 24.3 Å². The minimum absolute atomic E-state index is 0.00392. The van der Waals surface area contributed by atoms with E-state index in [-0.39, 0.29) is 36.7 Å². The van der Waals surface area contributed by atoms with Crippen LogP contribution in [0.3, 0.4) is 0 Å². The lowest BCUT2D eigenvalue weighted by atomic mass is 9.97. The number of benzene rings is 5. The molecule has 3 N–H and O–H groups in total. The minimum Gasteiger partial charge on any atom is -0.445 e. The number of amides is 3. The van der Waals surface area contributed by atoms with Crippen molar-refractivity contribution in [3.63, 3.8) is 0 Å². The molecule has 53 heavy (non-hydrogen) atoms. The van der Waals surface area contributed by atoms with E-state index in [0.717, 1.165) is 11.1 Å². The number of rotatable bonds is 13. The Morgan fingerprint density at radius 3 is 1.89 bits per heavy atom. The number of anilines is 1. The molecule has 0 bridgehead atoms. The van der Waals surface area contributed by atoms with Gasteiger partial charge in [-0.3, -0.25) is 9.59 Å². The fraction of sp³-hybridized carbons (Fsp3) is 0.209. The van der Waals surface area contributed by atoms with Crippen LogP contribution in [0, 0.1) is 0 Å². The van der Waals surface area contributed by atoms with Crippen molar-refractivity contribution < 1.29 is 33.8 Å². The van der Waals surface area contributed by atoms with E-state index >= 15 is 0 Å². The number of aliphatic hydroxyl groups is 1. The van der Waals surface area contributed by atoms with Crippen LogP contribution in [0.15, 0.2) is 140 Å². The molecule has 0 saturated heterocycles. The predicted octanol–water partition coefficient (Wildman–Crippen LogP) is 7.99. The standard InChI is InChI=1S/C43H43N3O7/c1-43(2,3)53-42(51)46(27-30-16-8-4-9-17-30)28-37(47)34-24-25-35(39(48)33-22-14-7-15-23-33)36(26-34)44-40(49)38(32-20-12-6-13-21-32)45-41(50)52-29-31-18-10-5-11-19-31/h4-26,37-38,47H,27-29H2,1-3H3,(H,44,49)(H,45,50)/t37-,38+/m0/s1. The zero-order chi connectivity index (χ0) is 37.8. The highest BCUT2D eigenvalue weighted by molar-refractivity contribution is 6.14. The summed E-state index contributed by atoms with van der Waals surface area (Å²) >= 11 is 0. The normalized spacial score (nSPS) is 12.2. The summed E-state index contributed by atoms with van der Waals surface area (Å²) in [5.41, 5.74) is 2.30. The van der Waals surface area contributed by atoms with Crippen LogP contribution in [0.25, 0.3) is 0 Å². The lowest BCUT2D eigenvalue weighted by Crippen LogP contribution is -2.39. The van der Waals surface area contributed by atoms with Crippen molar-refractivity contribution in [1.82, 2.24) is 10.2 Å². The first-order valence-corrected chi connectivity index (χ1v) is 17.2. The van der Waals surface area contributed by atoms with E-state index in [0.29, 0.717) is 16.7 Å². The van der Waals surface area contributed by atoms with Gasteiger partial charge in [-0.15, -0.1) is 0 Å². The van der Waals surface area contributed by atoms with Gasteiger partial charge in [0.25, 0.3) is 5.91 Å². The molecule has 0 radical (unpaired) electrons. The monoisotopic (exact) mass is 713 g/mol. The first-order valence-electron chi connectivity index (χ1n) is 17.2. The molecular weight excluding hydrogens is 670 g/mol. The Morgan fingerprint density at radius 1 is 0.717 bits per heavy atom. The first kappa shape index (κ1) is 38.0. The molecule has 10 heteroatoms. The number of carbonyl (C=O) groups is 4. The summed E-state index contributed by atoms with van der Waals surface area (Å²) < 4.78 is 11.1. The number of hydrogen-bond donors (Lipinski definition) is 3. The van der Waals surface area contributed by atoms with Gasteiger partial charge < -0.3 is 30.1 Å². The van der Waals surface area contributed by atoms with Crippen molar-refractivity contribution in [2.45, 2.75) is 51.7 Å². The van der Waals surface area contributed by atoms with Gasteiger partial charge in [0.2, 0.25) is 0 Å². The summed E-state index contributed by atoms with van der Waals surface area (Å²) in [5, 5.41) is 17.1. The number of aliphatic hydroxyl groups excluding tert-OH is 1. The second-order valence-electron chi connectivity index (χ2n) is 13.4. The molecule has 272 valence electrons. The molecule has 5 aromatic carbocycles. The summed E-state index contributed by atoms with van der Waals surface area (Å²) in [6.07, 6.45) is -2.66. The van der Waals surface area contributed by atoms with Crippen molar-refractivity contribution in [3.05, 3.63) is 173 Å². The zero-order valence-corrected chi connectivity index (χ0v) is 29.9. The van der Waals surface area contributed by atoms with Gasteiger partial charge >= 0.3 is 12.2 Å². The molecule has 10 nitrogen and oxygen atoms in total. The molecule has 0 saturated carbocycles. The molecule has 5 aromatic rings. The summed E-state index contributed by atoms with van der Waals surface area (Å²) in [7, 11) is 0. The molecule has 5 rings (SSSR count). The quantitative estimate of drug-likeness (QED) is 0.105. The molecule has 0 spiro atoms. The number of ketones is 1. The summed E-state index contributed by atoms with van der Waals surface area (Å²) in [6, 6.07) is 39.1. The molecule has 0 aliphatic carbocycles. The molecule has 0 aliphatic rings. The van der Waals surface area contributed by atoms with E-state index < -0.39 is 35.8 Å². The highest BCUT2D eigenvalue weighted by atomic mass is 16.6. The van der Waals surface area contributed by atoms with E-state index in [4.69, 9.17) is 9.47 Å². The number of alkyl carbamates (subject to hydrolysis) is 1. The number of ether oxygens (including phenoxy) is 2. The SMILES string of the molecule is CC(C)(C)OC(=O)N(Cc1ccccc1)C[C@H](O)c1ccc(C(=O)c2ccccc2)c(NC(=O)[C@H](NC(=O)OCc2ccccc2)c2ccccc2)c1. The van der Waals surface area contributed by atoms with Gasteiger partial charge in [-0.1, -0.05) is 127 Å². The second-order valence-corrected chi connectivity index (χ2v) is 13.4. The van der Waals surface area contributed by atoms with E-state index in [2.05, 4.69) is 10.6 Å². The molecular formula is C43H43N3O7. The number of carbonyl (C=O) groups excluding carboxylic acids is 4. The maximum absolute atomic E-state index is 14.1. The summed E-state index contributed by atoms with van der Waals surface area (Å²) in [5.74, 6) is -1.02. The molecule has 0 heterocycles. The van der Waals surface area contributed by atoms with Crippen LogP contribution in [0.1, 0.15) is 71.1 Å². The zero-order valence-electron chi connectivity index (χ0n) is 29.9. The van der Waals surface area contributed by atoms with Crippen LogP contribution >= 0.6 is 0 Å². The molecule has 0 fully saturated rings. The van der Waals surface area contributed by atoms with Gasteiger partial charge in [0.15, 0.2) is 5.78 Å². The van der Waals surface area contributed by atoms with Crippen molar-refractivity contribution in [2.75, 3.05) is 11.9 Å². The third-order valence-corrected chi connectivity index (χ3v) is 8.10. The Labute approximate surface area is 309 Å². The van der Waals surface area contributed by atoms with Gasteiger partial charge in [0.05, 0.1) is 18.3 Å². The van der Waals surface area contributed by atoms with Gasteiger partial charge in [-0.2, -0.15) is 0 Å². The van der Waals surface area contributed by atoms with E-state index in [1.807, 2.05) is 60.7 Å². The van der Waals surface area contributed by atoms with Crippen molar-refractivity contribution >= 4 is 29.6 Å². The summed E-state index contributed by atoms with van der Waals surface area (Å²) in [4.78, 5) is 55.6. The molecule has 2 atom stereocenters. The average Bonchev–Trinajstić information content (AvgIpc) is 3.16. The predicted molar refractivity (Wildman–Crippen MR) is 202 cm³/mol. The van der Waals surface area contributed by atoms with Gasteiger partial charge in [-0.05, 0) is 55.2 Å². The van der Waals surface area contributed by atoms with E-state index in [1.165, 1.54) is 17.0 Å². The van der Waals surface area contributed by atoms with Crippen molar-refractivity contribution in [3.8, 4) is 0 Å². The lowest BCUT2D eigenvalue weighted by Gasteiger charge is -2.29. The third-order valence-electron chi connectivity index (χ3n) is 8.10. The average molecular weight is 714 g/mol. The summed E-state index contributed by atoms with van der Waals surface area (Å²) in [6.45, 7) is 5.31. The van der Waals surface area contributed by atoms with Crippen LogP contribution in [-0.4, -0.2) is 46.0 Å². The number of nitrogens with one attached hydrogen (secondary N) is 2. The highest BCUT2D eigenvalue weighted by Gasteiger charge is 2.28. The Bertz CT molecular complexity index is 1980. The Kier molecular flexibility index (Phi) is 12.7. The maximum Gasteiger partial charge on any atom is 0.410 e. The van der Waals surface area contributed by atoms with Gasteiger partial charge in [0.1, 0.15) is 18.2 Å². The Hall–Kier alpha value is -6.26. The number of nitrogens with zero attached hydrogens (tertiary/aromatic N) is 1. The maximum atomic E-state index is 14.1. The van der Waals surface area contributed by atoms with Crippen LogP contribution in [0.5, 0.6) is 0 Å². The lowest BCUT2D eigenvalue weighted by molar-refractivity contribution is -0.118. The Morgan fingerprint density at radius 2 is 1.28 bits per heavy atom. The van der Waals surface area contributed by atoms with Gasteiger partial charge in [-0.25, -0.2) is 9.59 Å². The fourth-order valence-electron chi connectivity index (χ4n) is 5.50. The second kappa shape index (κ2) is 17.8. The van der Waals surface area contributed by atoms with E-state index in [1.54, 1.807) is 87.5 Å². The first-order chi connectivity index (χ1) is 25.5. The third kappa shape index (κ3) is 11.1. The van der Waals surface area contributed by atoms with Crippen molar-refractivity contribution in [2.24, 2.45) is 0 Å². The molecule has 0 aromatic heterocycles. The van der Waals surface area contributed by atoms with Crippen LogP contribution in [0.2, 0.25) is 0 Å². The Balaban J connectivity index is 1.44. The molecule has 0 aliphatic heterocycles. The topological polar surface area (TPSA) is 134 Å². The largest absolute Gasteiger partial charge is 0.445 e. The smallest absolute Gasteiger partial charge is 0.410 e.